The molecule has 1 aromatic rings. The summed E-state index contributed by atoms with van der Waals surface area (Å²) in [7, 11) is -0.432. The third-order valence-electron chi connectivity index (χ3n) is 2.00. The van der Waals surface area contributed by atoms with Crippen molar-refractivity contribution in [1.82, 2.24) is 0 Å². The predicted octanol–water partition coefficient (Wildman–Crippen LogP) is 1.19. The molecule has 0 saturated carbocycles. The van der Waals surface area contributed by atoms with Crippen LogP contribution in [0.1, 0.15) is 19.4 Å². The standard InChI is InChI=1S/C10H16FNSi/c1-10(2,12)13-7-8-5-3-4-6-9(8)11/h3-6H,7,12-13H2,1-2H3. The van der Waals surface area contributed by atoms with Gasteiger partial charge in [0, 0.05) is 9.52 Å². The molecule has 0 aliphatic carbocycles. The Hall–Kier alpha value is -0.673. The van der Waals surface area contributed by atoms with E-state index in [1.165, 1.54) is 6.07 Å². The minimum atomic E-state index is -0.432. The van der Waals surface area contributed by atoms with Gasteiger partial charge in [-0.2, -0.15) is 0 Å². The number of hydrogen-bond acceptors (Lipinski definition) is 1. The van der Waals surface area contributed by atoms with Crippen molar-refractivity contribution in [1.29, 1.82) is 0 Å². The van der Waals surface area contributed by atoms with E-state index in [-0.39, 0.29) is 11.0 Å². The monoisotopic (exact) mass is 197 g/mol. The van der Waals surface area contributed by atoms with Gasteiger partial charge in [-0.05, 0) is 22.8 Å². The Labute approximate surface area is 81.0 Å². The Morgan fingerprint density at radius 1 is 1.38 bits per heavy atom. The van der Waals surface area contributed by atoms with Crippen LogP contribution in [0.4, 0.5) is 4.39 Å². The zero-order chi connectivity index (χ0) is 9.90. The third-order valence-corrected chi connectivity index (χ3v) is 4.07. The first-order valence-electron chi connectivity index (χ1n) is 4.51. The van der Waals surface area contributed by atoms with Crippen LogP contribution in [0.15, 0.2) is 24.3 Å². The first-order valence-corrected chi connectivity index (χ1v) is 6.22. The highest BCUT2D eigenvalue weighted by atomic mass is 28.2. The molecule has 1 aromatic carbocycles. The molecular weight excluding hydrogens is 181 g/mol. The molecule has 0 saturated heterocycles. The van der Waals surface area contributed by atoms with Gasteiger partial charge in [-0.3, -0.25) is 0 Å². The molecule has 0 spiro atoms. The molecule has 0 radical (unpaired) electrons. The quantitative estimate of drug-likeness (QED) is 0.724. The number of benzene rings is 1. The molecule has 0 heterocycles. The van der Waals surface area contributed by atoms with E-state index in [0.29, 0.717) is 0 Å². The van der Waals surface area contributed by atoms with Crippen LogP contribution < -0.4 is 5.73 Å². The van der Waals surface area contributed by atoms with Gasteiger partial charge in [-0.25, -0.2) is 4.39 Å². The Kier molecular flexibility index (Phi) is 3.22. The van der Waals surface area contributed by atoms with E-state index in [1.807, 2.05) is 26.0 Å². The lowest BCUT2D eigenvalue weighted by atomic mass is 10.2. The molecule has 0 unspecified atom stereocenters. The van der Waals surface area contributed by atoms with E-state index in [1.54, 1.807) is 6.07 Å². The number of rotatable bonds is 3. The Morgan fingerprint density at radius 2 is 2.00 bits per heavy atom. The molecule has 1 rings (SSSR count). The highest BCUT2D eigenvalue weighted by Crippen LogP contribution is 2.08. The zero-order valence-corrected chi connectivity index (χ0v) is 9.59. The van der Waals surface area contributed by atoms with Crippen molar-refractivity contribution in [3.63, 3.8) is 0 Å². The smallest absolute Gasteiger partial charge is 0.126 e. The second-order valence-electron chi connectivity index (χ2n) is 4.08. The Morgan fingerprint density at radius 3 is 2.54 bits per heavy atom. The molecular formula is C10H16FNSi. The van der Waals surface area contributed by atoms with Gasteiger partial charge >= 0.3 is 0 Å². The third kappa shape index (κ3) is 3.70. The maximum atomic E-state index is 13.1. The summed E-state index contributed by atoms with van der Waals surface area (Å²) in [5.41, 5.74) is 6.69. The van der Waals surface area contributed by atoms with Gasteiger partial charge in [0.05, 0.1) is 0 Å². The maximum absolute atomic E-state index is 13.1. The lowest BCUT2D eigenvalue weighted by Crippen LogP contribution is -2.40. The maximum Gasteiger partial charge on any atom is 0.126 e. The fraction of sp³-hybridized carbons (Fsp3) is 0.400. The molecule has 3 heteroatoms. The van der Waals surface area contributed by atoms with Crippen molar-refractivity contribution < 1.29 is 4.39 Å². The number of hydrogen-bond donors (Lipinski definition) is 1. The van der Waals surface area contributed by atoms with Crippen molar-refractivity contribution in [3.05, 3.63) is 35.6 Å². The fourth-order valence-electron chi connectivity index (χ4n) is 1.16. The molecule has 0 atom stereocenters. The van der Waals surface area contributed by atoms with Gasteiger partial charge in [0.1, 0.15) is 5.82 Å². The first kappa shape index (κ1) is 10.4. The topological polar surface area (TPSA) is 26.0 Å². The SMILES string of the molecule is CC(C)(N)[SiH2]Cc1ccccc1F. The summed E-state index contributed by atoms with van der Waals surface area (Å²) in [4.78, 5) is 0. The van der Waals surface area contributed by atoms with Gasteiger partial charge in [0.25, 0.3) is 0 Å². The highest BCUT2D eigenvalue weighted by molar-refractivity contribution is 6.39. The highest BCUT2D eigenvalue weighted by Gasteiger charge is 2.12. The van der Waals surface area contributed by atoms with Crippen LogP contribution in [0.3, 0.4) is 0 Å². The van der Waals surface area contributed by atoms with E-state index in [4.69, 9.17) is 5.73 Å². The molecule has 72 valence electrons. The summed E-state index contributed by atoms with van der Waals surface area (Å²) in [5.74, 6) is -0.0979. The van der Waals surface area contributed by atoms with Gasteiger partial charge in [-0.1, -0.05) is 32.0 Å². The van der Waals surface area contributed by atoms with Crippen LogP contribution in [-0.4, -0.2) is 14.7 Å². The summed E-state index contributed by atoms with van der Waals surface area (Å²) in [5, 5.41) is -0.0811. The van der Waals surface area contributed by atoms with E-state index < -0.39 is 9.52 Å². The van der Waals surface area contributed by atoms with Crippen molar-refractivity contribution in [2.45, 2.75) is 25.1 Å². The molecule has 0 aliphatic heterocycles. The van der Waals surface area contributed by atoms with Crippen LogP contribution >= 0.6 is 0 Å². The molecule has 0 aromatic heterocycles. The van der Waals surface area contributed by atoms with Crippen LogP contribution in [0.2, 0.25) is 0 Å². The van der Waals surface area contributed by atoms with Crippen molar-refractivity contribution in [2.75, 3.05) is 0 Å². The van der Waals surface area contributed by atoms with Crippen molar-refractivity contribution in [2.24, 2.45) is 5.73 Å². The minimum Gasteiger partial charge on any atom is -0.329 e. The van der Waals surface area contributed by atoms with Gasteiger partial charge < -0.3 is 5.73 Å². The molecule has 1 nitrogen and oxygen atoms in total. The molecule has 2 N–H and O–H groups in total. The predicted molar refractivity (Wildman–Crippen MR) is 56.9 cm³/mol. The van der Waals surface area contributed by atoms with E-state index in [2.05, 4.69) is 0 Å². The summed E-state index contributed by atoms with van der Waals surface area (Å²) in [6.07, 6.45) is 0. The lowest BCUT2D eigenvalue weighted by molar-refractivity contribution is 0.615. The average molecular weight is 197 g/mol. The number of nitrogens with two attached hydrogens (primary N) is 1. The molecule has 0 fully saturated rings. The summed E-state index contributed by atoms with van der Waals surface area (Å²) in [6, 6.07) is 7.78. The Balaban J connectivity index is 2.60. The summed E-state index contributed by atoms with van der Waals surface area (Å²) < 4.78 is 13.1. The second kappa shape index (κ2) is 4.02. The van der Waals surface area contributed by atoms with Crippen molar-refractivity contribution in [3.8, 4) is 0 Å². The van der Waals surface area contributed by atoms with E-state index in [9.17, 15) is 4.39 Å². The lowest BCUT2D eigenvalue weighted by Gasteiger charge is -2.17. The molecule has 0 amide bonds. The summed E-state index contributed by atoms with van der Waals surface area (Å²) >= 11 is 0. The number of halogens is 1. The summed E-state index contributed by atoms with van der Waals surface area (Å²) in [6.45, 7) is 4.03. The van der Waals surface area contributed by atoms with Crippen LogP contribution in [0.5, 0.6) is 0 Å². The normalized spacial score (nSPS) is 12.6. The van der Waals surface area contributed by atoms with Crippen LogP contribution in [-0.2, 0) is 6.04 Å². The van der Waals surface area contributed by atoms with Crippen molar-refractivity contribution >= 4 is 9.52 Å². The van der Waals surface area contributed by atoms with Crippen LogP contribution in [0.25, 0.3) is 0 Å². The van der Waals surface area contributed by atoms with Gasteiger partial charge in [0.15, 0.2) is 0 Å². The van der Waals surface area contributed by atoms with Gasteiger partial charge in [0.2, 0.25) is 0 Å². The molecule has 0 aliphatic rings. The van der Waals surface area contributed by atoms with Crippen LogP contribution in [0, 0.1) is 5.82 Å². The molecule has 13 heavy (non-hydrogen) atoms. The second-order valence-corrected chi connectivity index (χ2v) is 6.90. The zero-order valence-electron chi connectivity index (χ0n) is 8.18. The van der Waals surface area contributed by atoms with Gasteiger partial charge in [-0.15, -0.1) is 0 Å². The molecule has 0 bridgehead atoms. The van der Waals surface area contributed by atoms with E-state index in [0.717, 1.165) is 11.6 Å². The first-order chi connectivity index (χ1) is 5.99. The minimum absolute atomic E-state index is 0.0811. The fourth-order valence-corrected chi connectivity index (χ4v) is 2.48. The average Bonchev–Trinajstić information content (AvgIpc) is 2.01. The van der Waals surface area contributed by atoms with E-state index >= 15 is 0 Å². The Bertz CT molecular complexity index is 280. The largest absolute Gasteiger partial charge is 0.329 e.